The summed E-state index contributed by atoms with van der Waals surface area (Å²) < 4.78 is 14.6. The van der Waals surface area contributed by atoms with Gasteiger partial charge in [0.15, 0.2) is 5.17 Å². The van der Waals surface area contributed by atoms with Gasteiger partial charge >= 0.3 is 0 Å². The van der Waals surface area contributed by atoms with Gasteiger partial charge in [-0.3, -0.25) is 4.99 Å². The molecule has 0 fully saturated rings. The predicted octanol–water partition coefficient (Wildman–Crippen LogP) is 4.03. The highest BCUT2D eigenvalue weighted by atomic mass is 32.2. The second-order valence-electron chi connectivity index (χ2n) is 6.65. The quantitative estimate of drug-likeness (QED) is 0.760. The lowest BCUT2D eigenvalue weighted by atomic mass is 9.87. The second kappa shape index (κ2) is 6.68. The van der Waals surface area contributed by atoms with Crippen molar-refractivity contribution < 1.29 is 4.39 Å². The summed E-state index contributed by atoms with van der Waals surface area (Å²) in [6.07, 6.45) is 2.95. The molecule has 0 saturated heterocycles. The summed E-state index contributed by atoms with van der Waals surface area (Å²) in [4.78, 5) is 13.3. The number of benzene rings is 2. The van der Waals surface area contributed by atoms with Gasteiger partial charge in [0.05, 0.1) is 16.7 Å². The number of nitrogens with two attached hydrogens (primary N) is 1. The Kier molecular flexibility index (Phi) is 4.36. The highest BCUT2D eigenvalue weighted by molar-refractivity contribution is 8.13. The second-order valence-corrected chi connectivity index (χ2v) is 7.77. The van der Waals surface area contributed by atoms with E-state index in [1.165, 1.54) is 17.8 Å². The van der Waals surface area contributed by atoms with E-state index in [9.17, 15) is 4.39 Å². The molecule has 1 aliphatic heterocycles. The van der Waals surface area contributed by atoms with Crippen LogP contribution < -0.4 is 5.73 Å². The first-order chi connectivity index (χ1) is 12.5. The van der Waals surface area contributed by atoms with Crippen molar-refractivity contribution in [1.82, 2.24) is 9.97 Å². The third-order valence-electron chi connectivity index (χ3n) is 4.80. The Morgan fingerprint density at radius 1 is 1.19 bits per heavy atom. The number of hydrogen-bond donors (Lipinski definition) is 1. The van der Waals surface area contributed by atoms with Crippen molar-refractivity contribution >= 4 is 27.8 Å². The number of fused-ring (bicyclic) bond motifs is 1. The van der Waals surface area contributed by atoms with Gasteiger partial charge in [0, 0.05) is 23.1 Å². The molecule has 1 atom stereocenters. The Morgan fingerprint density at radius 3 is 2.88 bits per heavy atom. The van der Waals surface area contributed by atoms with Crippen molar-refractivity contribution in [3.05, 3.63) is 71.4 Å². The third kappa shape index (κ3) is 3.17. The van der Waals surface area contributed by atoms with Crippen molar-refractivity contribution in [2.24, 2.45) is 10.7 Å². The molecule has 2 N–H and O–H groups in total. The van der Waals surface area contributed by atoms with Crippen LogP contribution >= 0.6 is 11.8 Å². The number of thioether (sulfide) groups is 1. The number of rotatable bonds is 3. The van der Waals surface area contributed by atoms with Gasteiger partial charge in [-0.1, -0.05) is 42.1 Å². The molecule has 26 heavy (non-hydrogen) atoms. The van der Waals surface area contributed by atoms with Gasteiger partial charge in [0.2, 0.25) is 0 Å². The van der Waals surface area contributed by atoms with Crippen LogP contribution in [0.3, 0.4) is 0 Å². The zero-order chi connectivity index (χ0) is 18.1. The summed E-state index contributed by atoms with van der Waals surface area (Å²) in [5.41, 5.74) is 8.71. The van der Waals surface area contributed by atoms with Gasteiger partial charge in [-0.25, -0.2) is 14.4 Å². The Balaban J connectivity index is 1.74. The van der Waals surface area contributed by atoms with Gasteiger partial charge in [-0.2, -0.15) is 0 Å². The third-order valence-corrected chi connectivity index (χ3v) is 5.60. The first-order valence-corrected chi connectivity index (χ1v) is 9.49. The monoisotopic (exact) mass is 366 g/mol. The lowest BCUT2D eigenvalue weighted by molar-refractivity contribution is 0.449. The number of halogens is 1. The molecular formula is C20H19FN4S. The van der Waals surface area contributed by atoms with E-state index in [1.807, 2.05) is 43.3 Å². The maximum absolute atomic E-state index is 14.6. The Hall–Kier alpha value is -2.47. The van der Waals surface area contributed by atoms with E-state index in [2.05, 4.69) is 15.0 Å². The molecule has 0 spiro atoms. The molecule has 4 nitrogen and oxygen atoms in total. The number of aliphatic imine (C=N–C) groups is 1. The fourth-order valence-electron chi connectivity index (χ4n) is 3.37. The SMILES string of the molecule is C[C@@]1(c2cc(Cc3ncnc4ccccc34)ccc2F)CCSC(N)=N1. The Labute approximate surface area is 155 Å². The minimum Gasteiger partial charge on any atom is -0.379 e. The molecule has 6 heteroatoms. The van der Waals surface area contributed by atoms with Crippen LogP contribution in [0.15, 0.2) is 53.8 Å². The average Bonchev–Trinajstić information content (AvgIpc) is 2.63. The first kappa shape index (κ1) is 17.0. The van der Waals surface area contributed by atoms with Crippen molar-refractivity contribution in [2.75, 3.05) is 5.75 Å². The maximum Gasteiger partial charge on any atom is 0.154 e. The van der Waals surface area contributed by atoms with E-state index >= 15 is 0 Å². The van der Waals surface area contributed by atoms with Crippen LogP contribution in [0.1, 0.15) is 30.2 Å². The van der Waals surface area contributed by atoms with E-state index in [4.69, 9.17) is 5.73 Å². The first-order valence-electron chi connectivity index (χ1n) is 8.51. The molecule has 4 rings (SSSR count). The molecule has 0 aliphatic carbocycles. The van der Waals surface area contributed by atoms with E-state index in [1.54, 1.807) is 6.33 Å². The molecule has 132 valence electrons. The van der Waals surface area contributed by atoms with Gasteiger partial charge in [-0.05, 0) is 31.0 Å². The molecule has 0 bridgehead atoms. The van der Waals surface area contributed by atoms with E-state index < -0.39 is 5.54 Å². The van der Waals surface area contributed by atoms with Crippen LogP contribution in [-0.2, 0) is 12.0 Å². The minimum absolute atomic E-state index is 0.243. The van der Waals surface area contributed by atoms with Crippen LogP contribution in [0, 0.1) is 5.82 Å². The summed E-state index contributed by atoms with van der Waals surface area (Å²) >= 11 is 1.52. The van der Waals surface area contributed by atoms with Crippen LogP contribution in [-0.4, -0.2) is 20.9 Å². The zero-order valence-corrected chi connectivity index (χ0v) is 15.3. The maximum atomic E-state index is 14.6. The molecule has 0 amide bonds. The fraction of sp³-hybridized carbons (Fsp3) is 0.250. The lowest BCUT2D eigenvalue weighted by Gasteiger charge is -2.30. The molecule has 0 saturated carbocycles. The molecule has 0 unspecified atom stereocenters. The van der Waals surface area contributed by atoms with Gasteiger partial charge in [0.1, 0.15) is 12.1 Å². The highest BCUT2D eigenvalue weighted by Gasteiger charge is 2.32. The van der Waals surface area contributed by atoms with Crippen LogP contribution in [0.25, 0.3) is 10.9 Å². The molecule has 2 aromatic carbocycles. The van der Waals surface area contributed by atoms with Crippen LogP contribution in [0.2, 0.25) is 0 Å². The molecule has 0 radical (unpaired) electrons. The van der Waals surface area contributed by atoms with Gasteiger partial charge in [-0.15, -0.1) is 0 Å². The molecule has 2 heterocycles. The summed E-state index contributed by atoms with van der Waals surface area (Å²) in [7, 11) is 0. The topological polar surface area (TPSA) is 64.2 Å². The molecular weight excluding hydrogens is 347 g/mol. The van der Waals surface area contributed by atoms with Gasteiger partial charge < -0.3 is 5.73 Å². The fourth-order valence-corrected chi connectivity index (χ4v) is 4.35. The average molecular weight is 366 g/mol. The van der Waals surface area contributed by atoms with E-state index in [0.29, 0.717) is 17.2 Å². The molecule has 1 aliphatic rings. The van der Waals surface area contributed by atoms with Crippen molar-refractivity contribution in [1.29, 1.82) is 0 Å². The number of amidine groups is 1. The zero-order valence-electron chi connectivity index (χ0n) is 14.4. The number of hydrogen-bond acceptors (Lipinski definition) is 5. The number of aromatic nitrogens is 2. The standard InChI is InChI=1S/C20H19FN4S/c1-20(8-9-26-19(22)25-20)15-10-13(6-7-16(15)21)11-18-14-4-2-3-5-17(14)23-12-24-18/h2-7,10,12H,8-9,11H2,1H3,(H2,22,25)/t20-/m0/s1. The van der Waals surface area contributed by atoms with Crippen molar-refractivity contribution in [3.8, 4) is 0 Å². The summed E-state index contributed by atoms with van der Waals surface area (Å²) in [6.45, 7) is 1.95. The predicted molar refractivity (Wildman–Crippen MR) is 105 cm³/mol. The Morgan fingerprint density at radius 2 is 2.04 bits per heavy atom. The van der Waals surface area contributed by atoms with Crippen molar-refractivity contribution in [3.63, 3.8) is 0 Å². The highest BCUT2D eigenvalue weighted by Crippen LogP contribution is 2.37. The normalized spacial score (nSPS) is 20.2. The number of nitrogens with zero attached hydrogens (tertiary/aromatic N) is 3. The van der Waals surface area contributed by atoms with Crippen molar-refractivity contribution in [2.45, 2.75) is 25.3 Å². The molecule has 1 aromatic heterocycles. The van der Waals surface area contributed by atoms with Crippen LogP contribution in [0.5, 0.6) is 0 Å². The number of para-hydroxylation sites is 1. The lowest BCUT2D eigenvalue weighted by Crippen LogP contribution is -2.29. The summed E-state index contributed by atoms with van der Waals surface area (Å²) in [5, 5.41) is 1.54. The minimum atomic E-state index is -0.622. The largest absolute Gasteiger partial charge is 0.379 e. The van der Waals surface area contributed by atoms with E-state index in [0.717, 1.165) is 34.3 Å². The smallest absolute Gasteiger partial charge is 0.154 e. The summed E-state index contributed by atoms with van der Waals surface area (Å²) in [6, 6.07) is 13.1. The Bertz CT molecular complexity index is 999. The van der Waals surface area contributed by atoms with Gasteiger partial charge in [0.25, 0.3) is 0 Å². The van der Waals surface area contributed by atoms with Crippen LogP contribution in [0.4, 0.5) is 4.39 Å². The summed E-state index contributed by atoms with van der Waals surface area (Å²) in [5.74, 6) is 0.596. The molecule has 3 aromatic rings. The van der Waals surface area contributed by atoms with E-state index in [-0.39, 0.29) is 5.82 Å².